The summed E-state index contributed by atoms with van der Waals surface area (Å²) in [5, 5.41) is 13.4. The molecule has 0 bridgehead atoms. The number of para-hydroxylation sites is 2. The monoisotopic (exact) mass is 834 g/mol. The number of nitrogens with zero attached hydrogens (tertiary/aromatic N) is 6. The summed E-state index contributed by atoms with van der Waals surface area (Å²) in [6.45, 7) is 5.51. The number of rotatable bonds is 12. The van der Waals surface area contributed by atoms with E-state index < -0.39 is 0 Å². The van der Waals surface area contributed by atoms with Gasteiger partial charge < -0.3 is 19.8 Å². The first-order chi connectivity index (χ1) is 24.8. The number of hydrazone groups is 2. The molecule has 7 rings (SSSR count). The van der Waals surface area contributed by atoms with Crippen molar-refractivity contribution in [3.8, 4) is 0 Å². The number of halogens is 2. The number of thioether (sulfide) groups is 2. The summed E-state index contributed by atoms with van der Waals surface area (Å²) in [6.07, 6.45) is 3.79. The van der Waals surface area contributed by atoms with Gasteiger partial charge in [0.05, 0.1) is 12.7 Å². The zero-order valence-corrected chi connectivity index (χ0v) is 31.7. The molecule has 12 heteroatoms. The van der Waals surface area contributed by atoms with E-state index in [1.54, 1.807) is 0 Å². The molecular formula is C38H34Cl2Cu2N6S2. The van der Waals surface area contributed by atoms with Gasteiger partial charge in [-0.05, 0) is 46.5 Å². The van der Waals surface area contributed by atoms with Crippen molar-refractivity contribution in [1.29, 1.82) is 0 Å². The Hall–Kier alpha value is -3.04. The van der Waals surface area contributed by atoms with E-state index in [1.807, 2.05) is 46.2 Å². The Morgan fingerprint density at radius 2 is 0.860 bits per heavy atom. The molecule has 0 saturated heterocycles. The summed E-state index contributed by atoms with van der Waals surface area (Å²) in [7, 11) is 8.40. The topological polar surface area (TPSA) is 37.7 Å². The van der Waals surface area contributed by atoms with Crippen molar-refractivity contribution in [2.45, 2.75) is 34.4 Å². The number of hydrogen-bond acceptors (Lipinski definition) is 8. The molecule has 0 aromatic heterocycles. The van der Waals surface area contributed by atoms with E-state index in [1.165, 1.54) is 32.0 Å². The standard InChI is InChI=1S/C38H34N6S2.2ClH.2Cu/c1-3-12-31(13-4-1)25-45-37-20-9-7-18-35(37)41-27-39-43(29-41)23-33-16-11-17-34(22-33)24-44-30-42(28-40-44)36-19-8-10-21-38(36)46-26-32-14-5-2-6-15-32;;;;/h1-22,27-30H,23-26H2;2*1H;;/q-2;;;2*+2/p-2. The van der Waals surface area contributed by atoms with Gasteiger partial charge in [-0.3, -0.25) is 0 Å². The first-order valence-electron chi connectivity index (χ1n) is 15.5. The summed E-state index contributed by atoms with van der Waals surface area (Å²) >= 11 is 11.0. The molecule has 5 aromatic rings. The summed E-state index contributed by atoms with van der Waals surface area (Å²) < 4.78 is 0. The molecule has 2 aliphatic rings. The van der Waals surface area contributed by atoms with Gasteiger partial charge in [0, 0.05) is 45.8 Å². The Balaban J connectivity index is 0.00000117. The van der Waals surface area contributed by atoms with E-state index in [0.29, 0.717) is 13.1 Å². The minimum absolute atomic E-state index is 0.686. The molecule has 0 unspecified atom stereocenters. The Kier molecular flexibility index (Phi) is 15.8. The molecule has 0 spiro atoms. The van der Waals surface area contributed by atoms with Gasteiger partial charge in [-0.15, -0.1) is 36.9 Å². The van der Waals surface area contributed by atoms with E-state index in [9.17, 15) is 0 Å². The molecule has 0 amide bonds. The van der Waals surface area contributed by atoms with Crippen molar-refractivity contribution < 1.29 is 30.2 Å². The number of hydrogen-bond donors (Lipinski definition) is 0. The van der Waals surface area contributed by atoms with E-state index in [2.05, 4.69) is 217 Å². The van der Waals surface area contributed by atoms with Gasteiger partial charge in [0.2, 0.25) is 0 Å². The van der Waals surface area contributed by atoms with Crippen molar-refractivity contribution in [2.75, 3.05) is 9.80 Å². The van der Waals surface area contributed by atoms with Crippen LogP contribution in [0.25, 0.3) is 0 Å². The summed E-state index contributed by atoms with van der Waals surface area (Å²) in [5.74, 6) is 1.85. The fourth-order valence-corrected chi connectivity index (χ4v) is 7.34. The van der Waals surface area contributed by atoms with Gasteiger partial charge in [0.1, 0.15) is 0 Å². The number of anilines is 2. The van der Waals surface area contributed by atoms with Crippen LogP contribution in [0.4, 0.5) is 11.4 Å². The average molecular weight is 837 g/mol. The molecule has 6 nitrogen and oxygen atoms in total. The van der Waals surface area contributed by atoms with Crippen LogP contribution in [0, 0.1) is 13.3 Å². The Morgan fingerprint density at radius 3 is 1.30 bits per heavy atom. The van der Waals surface area contributed by atoms with Crippen LogP contribution in [0.5, 0.6) is 0 Å². The molecule has 0 atom stereocenters. The summed E-state index contributed by atoms with van der Waals surface area (Å²) in [4.78, 5) is 6.67. The molecule has 2 aliphatic heterocycles. The summed E-state index contributed by atoms with van der Waals surface area (Å²) in [6, 6.07) is 46.8. The van der Waals surface area contributed by atoms with E-state index in [0.717, 1.165) is 22.9 Å². The molecule has 2 heterocycles. The molecule has 0 fully saturated rings. The maximum absolute atomic E-state index is 4.69. The van der Waals surface area contributed by atoms with Gasteiger partial charge in [-0.25, -0.2) is 0 Å². The predicted molar refractivity (Wildman–Crippen MR) is 205 cm³/mol. The Labute approximate surface area is 329 Å². The zero-order chi connectivity index (χ0) is 35.0. The van der Waals surface area contributed by atoms with Crippen LogP contribution in [-0.4, -0.2) is 22.7 Å². The van der Waals surface area contributed by atoms with Crippen molar-refractivity contribution in [3.05, 3.63) is 169 Å². The molecule has 264 valence electrons. The van der Waals surface area contributed by atoms with Crippen LogP contribution in [0.15, 0.2) is 153 Å². The molecule has 5 aromatic carbocycles. The molecular weight excluding hydrogens is 803 g/mol. The van der Waals surface area contributed by atoms with Crippen LogP contribution in [-0.2, 0) is 54.8 Å². The normalized spacial score (nSPS) is 13.2. The first-order valence-corrected chi connectivity index (χ1v) is 20.0. The fourth-order valence-electron chi connectivity index (χ4n) is 5.32. The van der Waals surface area contributed by atoms with Crippen LogP contribution in [0.1, 0.15) is 22.3 Å². The minimum atomic E-state index is 0.686. The molecule has 50 heavy (non-hydrogen) atoms. The number of benzene rings is 5. The third-order valence-corrected chi connectivity index (χ3v) is 9.87. The average Bonchev–Trinajstić information content (AvgIpc) is 3.86. The van der Waals surface area contributed by atoms with E-state index in [-0.39, 0.29) is 0 Å². The second kappa shape index (κ2) is 20.7. The second-order valence-corrected chi connectivity index (χ2v) is 13.0. The van der Waals surface area contributed by atoms with Gasteiger partial charge in [0.15, 0.2) is 0 Å². The quantitative estimate of drug-likeness (QED) is 0.0708. The third-order valence-electron chi connectivity index (χ3n) is 7.61. The summed E-state index contributed by atoms with van der Waals surface area (Å²) in [5.41, 5.74) is 7.29. The Morgan fingerprint density at radius 1 is 0.480 bits per heavy atom. The van der Waals surface area contributed by atoms with Crippen LogP contribution in [0.2, 0.25) is 0 Å². The van der Waals surface area contributed by atoms with Gasteiger partial charge >= 0.3 is 50.4 Å². The second-order valence-electron chi connectivity index (χ2n) is 11.0. The third kappa shape index (κ3) is 11.0. The molecule has 0 radical (unpaired) electrons. The maximum atomic E-state index is 4.69. The van der Waals surface area contributed by atoms with Crippen LogP contribution >= 0.6 is 43.7 Å². The van der Waals surface area contributed by atoms with Gasteiger partial charge in [-0.1, -0.05) is 109 Å². The SMILES string of the molecule is C1=NN(Cc2cccc(CN3[CH-]N(c4ccccc4SCc4ccccc4)C=N3)c2)[CH-]N1c1ccccc1SCc1ccccc1.[Cl][Cu+].[Cl][Cu+]. The fraction of sp³-hybridized carbons (Fsp3) is 0.105. The predicted octanol–water partition coefficient (Wildman–Crippen LogP) is 10.4. The van der Waals surface area contributed by atoms with Crippen LogP contribution < -0.4 is 9.80 Å². The van der Waals surface area contributed by atoms with Gasteiger partial charge in [-0.2, -0.15) is 10.2 Å². The van der Waals surface area contributed by atoms with E-state index >= 15 is 0 Å². The van der Waals surface area contributed by atoms with Crippen molar-refractivity contribution in [2.24, 2.45) is 10.2 Å². The van der Waals surface area contributed by atoms with Crippen molar-refractivity contribution >= 4 is 67.8 Å². The van der Waals surface area contributed by atoms with Crippen LogP contribution in [0.3, 0.4) is 0 Å². The molecule has 0 saturated carbocycles. The van der Waals surface area contributed by atoms with Crippen molar-refractivity contribution in [1.82, 2.24) is 10.0 Å². The van der Waals surface area contributed by atoms with Gasteiger partial charge in [0.25, 0.3) is 0 Å². The van der Waals surface area contributed by atoms with Crippen molar-refractivity contribution in [3.63, 3.8) is 0 Å². The Bertz CT molecular complexity index is 1690. The van der Waals surface area contributed by atoms with E-state index in [4.69, 9.17) is 0 Å². The first kappa shape index (κ1) is 38.2. The molecule has 0 aliphatic carbocycles. The molecule has 0 N–H and O–H groups in total. The zero-order valence-electron chi connectivity index (χ0n) is 26.7.